The summed E-state index contributed by atoms with van der Waals surface area (Å²) in [5, 5.41) is 10.4. The number of phenols is 1. The van der Waals surface area contributed by atoms with Gasteiger partial charge in [-0.05, 0) is 40.8 Å². The molecule has 0 aromatic heterocycles. The third kappa shape index (κ3) is 1.78. The van der Waals surface area contributed by atoms with Crippen LogP contribution in [0.1, 0.15) is 28.2 Å². The summed E-state index contributed by atoms with van der Waals surface area (Å²) in [7, 11) is 0. The highest BCUT2D eigenvalue weighted by Gasteiger charge is 2.30. The molecule has 0 saturated carbocycles. The first-order chi connectivity index (χ1) is 10.3. The molecule has 102 valence electrons. The van der Waals surface area contributed by atoms with Crippen molar-refractivity contribution < 1.29 is 5.11 Å². The molecule has 0 spiro atoms. The maximum atomic E-state index is 10.4. The Bertz CT molecular complexity index is 787. The van der Waals surface area contributed by atoms with Crippen molar-refractivity contribution in [1.29, 1.82) is 0 Å². The summed E-state index contributed by atoms with van der Waals surface area (Å²) >= 11 is 0. The number of phenolic OH excluding ortho intramolecular Hbond substituents is 1. The fourth-order valence-electron chi connectivity index (χ4n) is 3.39. The van der Waals surface area contributed by atoms with Gasteiger partial charge in [0.2, 0.25) is 0 Å². The Morgan fingerprint density at radius 2 is 1.29 bits per heavy atom. The predicted octanol–water partition coefficient (Wildman–Crippen LogP) is 4.86. The van der Waals surface area contributed by atoms with E-state index < -0.39 is 0 Å². The number of rotatable bonds is 1. The second-order valence-corrected chi connectivity index (χ2v) is 5.67. The van der Waals surface area contributed by atoms with Gasteiger partial charge in [0, 0.05) is 11.5 Å². The van der Waals surface area contributed by atoms with Gasteiger partial charge in [-0.25, -0.2) is 0 Å². The number of fused-ring (bicyclic) bond motifs is 3. The third-order valence-electron chi connectivity index (χ3n) is 4.33. The number of benzene rings is 3. The van der Waals surface area contributed by atoms with Crippen LogP contribution in [0.2, 0.25) is 0 Å². The van der Waals surface area contributed by atoms with Gasteiger partial charge in [0.05, 0.1) is 0 Å². The van der Waals surface area contributed by atoms with Crippen molar-refractivity contribution >= 4 is 0 Å². The Hall–Kier alpha value is -2.54. The molecule has 21 heavy (non-hydrogen) atoms. The first-order valence-electron chi connectivity index (χ1n) is 7.23. The van der Waals surface area contributed by atoms with Crippen LogP contribution in [-0.2, 0) is 0 Å². The second-order valence-electron chi connectivity index (χ2n) is 5.67. The van der Waals surface area contributed by atoms with Crippen molar-refractivity contribution in [3.8, 4) is 16.9 Å². The molecule has 1 heteroatoms. The Morgan fingerprint density at radius 3 is 1.86 bits per heavy atom. The smallest absolute Gasteiger partial charge is 0.119 e. The quantitative estimate of drug-likeness (QED) is 0.524. The minimum atomic E-state index is 0.123. The monoisotopic (exact) mass is 272 g/mol. The van der Waals surface area contributed by atoms with E-state index in [1.165, 1.54) is 22.3 Å². The van der Waals surface area contributed by atoms with Crippen LogP contribution in [0.4, 0.5) is 0 Å². The zero-order valence-electron chi connectivity index (χ0n) is 11.9. The van der Waals surface area contributed by atoms with Crippen molar-refractivity contribution in [2.24, 2.45) is 0 Å². The van der Waals surface area contributed by atoms with Crippen LogP contribution in [-0.4, -0.2) is 5.11 Å². The molecule has 0 saturated heterocycles. The van der Waals surface area contributed by atoms with Gasteiger partial charge in [-0.15, -0.1) is 0 Å². The van der Waals surface area contributed by atoms with Gasteiger partial charge in [0.25, 0.3) is 0 Å². The number of hydrogen-bond donors (Lipinski definition) is 1. The molecule has 1 N–H and O–H groups in total. The van der Waals surface area contributed by atoms with Gasteiger partial charge in [0.15, 0.2) is 0 Å². The van der Waals surface area contributed by atoms with Crippen molar-refractivity contribution in [2.45, 2.75) is 12.8 Å². The molecule has 4 rings (SSSR count). The molecule has 1 aliphatic carbocycles. The van der Waals surface area contributed by atoms with Crippen molar-refractivity contribution in [3.63, 3.8) is 0 Å². The van der Waals surface area contributed by atoms with Crippen LogP contribution in [0.25, 0.3) is 11.1 Å². The molecule has 3 aromatic carbocycles. The van der Waals surface area contributed by atoms with E-state index in [1.807, 2.05) is 19.1 Å². The Kier molecular flexibility index (Phi) is 2.61. The van der Waals surface area contributed by atoms with Crippen LogP contribution < -0.4 is 0 Å². The highest BCUT2D eigenvalue weighted by molar-refractivity contribution is 5.81. The number of aryl methyl sites for hydroxylation is 1. The molecule has 0 aliphatic heterocycles. The summed E-state index contributed by atoms with van der Waals surface area (Å²) in [5.74, 6) is 0.504. The molecule has 0 atom stereocenters. The molecular weight excluding hydrogens is 256 g/mol. The molecule has 0 amide bonds. The van der Waals surface area contributed by atoms with E-state index in [0.29, 0.717) is 5.75 Å². The van der Waals surface area contributed by atoms with Crippen molar-refractivity contribution in [3.05, 3.63) is 89.0 Å². The summed E-state index contributed by atoms with van der Waals surface area (Å²) < 4.78 is 0. The highest BCUT2D eigenvalue weighted by Crippen LogP contribution is 2.49. The molecule has 1 aliphatic rings. The average molecular weight is 272 g/mol. The summed E-state index contributed by atoms with van der Waals surface area (Å²) in [6, 6.07) is 22.9. The van der Waals surface area contributed by atoms with Gasteiger partial charge in [-0.1, -0.05) is 60.7 Å². The van der Waals surface area contributed by atoms with Crippen LogP contribution in [0.5, 0.6) is 5.75 Å². The molecule has 0 unspecified atom stereocenters. The zero-order valence-corrected chi connectivity index (χ0v) is 11.9. The lowest BCUT2D eigenvalue weighted by Crippen LogP contribution is -1.99. The van der Waals surface area contributed by atoms with Crippen LogP contribution in [0.15, 0.2) is 66.7 Å². The van der Waals surface area contributed by atoms with E-state index in [0.717, 1.165) is 11.1 Å². The van der Waals surface area contributed by atoms with E-state index in [4.69, 9.17) is 0 Å². The molecular formula is C20H16O. The fraction of sp³-hybridized carbons (Fsp3) is 0.100. The first-order valence-corrected chi connectivity index (χ1v) is 7.23. The molecule has 3 aromatic rings. The van der Waals surface area contributed by atoms with Crippen LogP contribution >= 0.6 is 0 Å². The topological polar surface area (TPSA) is 20.2 Å². The van der Waals surface area contributed by atoms with Crippen molar-refractivity contribution in [1.82, 2.24) is 0 Å². The summed E-state index contributed by atoms with van der Waals surface area (Å²) in [4.78, 5) is 0. The number of hydrogen-bond acceptors (Lipinski definition) is 1. The van der Waals surface area contributed by atoms with E-state index >= 15 is 0 Å². The lowest BCUT2D eigenvalue weighted by atomic mass is 9.88. The normalized spacial score (nSPS) is 13.0. The largest absolute Gasteiger partial charge is 0.508 e. The van der Waals surface area contributed by atoms with Crippen LogP contribution in [0, 0.1) is 6.92 Å². The van der Waals surface area contributed by atoms with Gasteiger partial charge < -0.3 is 5.11 Å². The SMILES string of the molecule is Cc1ccc(C2c3ccccc3-c3ccccc32)c(O)c1. The predicted molar refractivity (Wildman–Crippen MR) is 85.7 cm³/mol. The van der Waals surface area contributed by atoms with Crippen molar-refractivity contribution in [2.75, 3.05) is 0 Å². The molecule has 0 bridgehead atoms. The molecule has 0 fully saturated rings. The van der Waals surface area contributed by atoms with Gasteiger partial charge in [0.1, 0.15) is 5.75 Å². The fourth-order valence-corrected chi connectivity index (χ4v) is 3.39. The van der Waals surface area contributed by atoms with E-state index in [2.05, 4.69) is 54.6 Å². The maximum absolute atomic E-state index is 10.4. The Morgan fingerprint density at radius 1 is 0.714 bits per heavy atom. The lowest BCUT2D eigenvalue weighted by Gasteiger charge is -2.16. The van der Waals surface area contributed by atoms with E-state index in [1.54, 1.807) is 0 Å². The minimum absolute atomic E-state index is 0.123. The van der Waals surface area contributed by atoms with Gasteiger partial charge in [-0.3, -0.25) is 0 Å². The highest BCUT2D eigenvalue weighted by atomic mass is 16.3. The minimum Gasteiger partial charge on any atom is -0.508 e. The first kappa shape index (κ1) is 12.2. The number of aromatic hydroxyl groups is 1. The summed E-state index contributed by atoms with van der Waals surface area (Å²) in [6.45, 7) is 2.00. The van der Waals surface area contributed by atoms with Gasteiger partial charge in [-0.2, -0.15) is 0 Å². The standard InChI is InChI=1S/C20H16O/c1-13-10-11-18(19(21)12-13)20-16-8-4-2-6-14(16)15-7-3-5-9-17(15)20/h2-12,20-21H,1H3. The maximum Gasteiger partial charge on any atom is 0.119 e. The Labute approximate surface area is 124 Å². The molecule has 0 radical (unpaired) electrons. The third-order valence-corrected chi connectivity index (χ3v) is 4.33. The second kappa shape index (κ2) is 4.49. The summed E-state index contributed by atoms with van der Waals surface area (Å²) in [6.07, 6.45) is 0. The average Bonchev–Trinajstić information content (AvgIpc) is 2.82. The summed E-state index contributed by atoms with van der Waals surface area (Å²) in [5.41, 5.74) is 7.17. The lowest BCUT2D eigenvalue weighted by molar-refractivity contribution is 0.467. The Balaban J connectivity index is 2.01. The molecule has 0 heterocycles. The van der Waals surface area contributed by atoms with E-state index in [9.17, 15) is 5.11 Å². The molecule has 1 nitrogen and oxygen atoms in total. The van der Waals surface area contributed by atoms with E-state index in [-0.39, 0.29) is 5.92 Å². The zero-order chi connectivity index (χ0) is 14.4. The van der Waals surface area contributed by atoms with Crippen LogP contribution in [0.3, 0.4) is 0 Å². The van der Waals surface area contributed by atoms with Gasteiger partial charge >= 0.3 is 0 Å².